The molecular weight excluding hydrogens is 364 g/mol. The first kappa shape index (κ1) is 19.2. The largest absolute Gasteiger partial charge is 0.508 e. The standard InChI is InChI=1S/C21H23ClN2O3/c22-18-9-7-16(8-10-18)21(27)24-13-3-5-17(14-24)20(26)23-12-11-15-4-1-2-6-19(15)25/h1-2,4,6-10,17,25H,3,5,11-14H2,(H,23,26)/t17-/m0/s1. The van der Waals surface area contributed by atoms with Crippen molar-refractivity contribution >= 4 is 23.4 Å². The number of nitrogens with zero attached hydrogens (tertiary/aromatic N) is 1. The number of para-hydroxylation sites is 1. The number of halogens is 1. The number of aromatic hydroxyl groups is 1. The summed E-state index contributed by atoms with van der Waals surface area (Å²) in [6.07, 6.45) is 2.14. The van der Waals surface area contributed by atoms with Crippen LogP contribution in [-0.2, 0) is 11.2 Å². The van der Waals surface area contributed by atoms with Crippen molar-refractivity contribution in [3.05, 3.63) is 64.7 Å². The van der Waals surface area contributed by atoms with Crippen LogP contribution in [0.2, 0.25) is 5.02 Å². The van der Waals surface area contributed by atoms with Gasteiger partial charge in [-0.3, -0.25) is 9.59 Å². The highest BCUT2D eigenvalue weighted by atomic mass is 35.5. The second-order valence-corrected chi connectivity index (χ2v) is 7.20. The van der Waals surface area contributed by atoms with Crippen LogP contribution in [0.3, 0.4) is 0 Å². The number of hydrogen-bond donors (Lipinski definition) is 2. The van der Waals surface area contributed by atoms with E-state index in [1.165, 1.54) is 0 Å². The summed E-state index contributed by atoms with van der Waals surface area (Å²) < 4.78 is 0. The third-order valence-electron chi connectivity index (χ3n) is 4.86. The molecule has 5 nitrogen and oxygen atoms in total. The Morgan fingerprint density at radius 1 is 1.15 bits per heavy atom. The average molecular weight is 387 g/mol. The predicted molar refractivity (Wildman–Crippen MR) is 105 cm³/mol. The molecular formula is C21H23ClN2O3. The number of phenols is 1. The van der Waals surface area contributed by atoms with Gasteiger partial charge in [-0.25, -0.2) is 0 Å². The summed E-state index contributed by atoms with van der Waals surface area (Å²) in [5.74, 6) is -0.0825. The Kier molecular flexibility index (Phi) is 6.35. The monoisotopic (exact) mass is 386 g/mol. The van der Waals surface area contributed by atoms with Crippen LogP contribution in [-0.4, -0.2) is 41.5 Å². The molecule has 0 saturated carbocycles. The number of nitrogens with one attached hydrogen (secondary N) is 1. The molecule has 1 saturated heterocycles. The lowest BCUT2D eigenvalue weighted by Gasteiger charge is -2.32. The van der Waals surface area contributed by atoms with E-state index in [0.29, 0.717) is 36.6 Å². The maximum atomic E-state index is 12.6. The van der Waals surface area contributed by atoms with Gasteiger partial charge in [-0.15, -0.1) is 0 Å². The van der Waals surface area contributed by atoms with Crippen LogP contribution in [0.5, 0.6) is 5.75 Å². The van der Waals surface area contributed by atoms with Crippen molar-refractivity contribution < 1.29 is 14.7 Å². The number of piperidine rings is 1. The molecule has 0 aromatic heterocycles. The lowest BCUT2D eigenvalue weighted by Crippen LogP contribution is -2.45. The molecule has 3 rings (SSSR count). The van der Waals surface area contributed by atoms with E-state index in [1.54, 1.807) is 41.3 Å². The summed E-state index contributed by atoms with van der Waals surface area (Å²) in [4.78, 5) is 26.9. The Labute approximate surface area is 163 Å². The van der Waals surface area contributed by atoms with Gasteiger partial charge >= 0.3 is 0 Å². The fraction of sp³-hybridized carbons (Fsp3) is 0.333. The van der Waals surface area contributed by atoms with E-state index in [2.05, 4.69) is 5.32 Å². The molecule has 2 N–H and O–H groups in total. The molecule has 6 heteroatoms. The maximum absolute atomic E-state index is 12.6. The molecule has 0 spiro atoms. The van der Waals surface area contributed by atoms with E-state index in [4.69, 9.17) is 11.6 Å². The minimum Gasteiger partial charge on any atom is -0.508 e. The molecule has 1 aliphatic rings. The lowest BCUT2D eigenvalue weighted by molar-refractivity contribution is -0.126. The Balaban J connectivity index is 1.52. The number of rotatable bonds is 5. The van der Waals surface area contributed by atoms with E-state index in [9.17, 15) is 14.7 Å². The molecule has 0 unspecified atom stereocenters. The average Bonchev–Trinajstić information content (AvgIpc) is 2.69. The first-order valence-electron chi connectivity index (χ1n) is 9.14. The molecule has 1 fully saturated rings. The second-order valence-electron chi connectivity index (χ2n) is 6.77. The number of benzene rings is 2. The highest BCUT2D eigenvalue weighted by Gasteiger charge is 2.28. The van der Waals surface area contributed by atoms with Crippen LogP contribution in [0.4, 0.5) is 0 Å². The molecule has 0 radical (unpaired) electrons. The zero-order chi connectivity index (χ0) is 19.2. The van der Waals surface area contributed by atoms with Gasteiger partial charge in [-0.1, -0.05) is 29.8 Å². The van der Waals surface area contributed by atoms with Gasteiger partial charge in [0.2, 0.25) is 5.91 Å². The highest BCUT2D eigenvalue weighted by molar-refractivity contribution is 6.30. The first-order chi connectivity index (χ1) is 13.0. The van der Waals surface area contributed by atoms with Gasteiger partial charge in [-0.2, -0.15) is 0 Å². The zero-order valence-corrected chi connectivity index (χ0v) is 15.8. The number of hydrogen-bond acceptors (Lipinski definition) is 3. The van der Waals surface area contributed by atoms with Gasteiger partial charge < -0.3 is 15.3 Å². The van der Waals surface area contributed by atoms with Gasteiger partial charge in [0, 0.05) is 30.2 Å². The van der Waals surface area contributed by atoms with E-state index >= 15 is 0 Å². The zero-order valence-electron chi connectivity index (χ0n) is 15.0. The van der Waals surface area contributed by atoms with Crippen LogP contribution in [0, 0.1) is 5.92 Å². The van der Waals surface area contributed by atoms with Crippen LogP contribution >= 0.6 is 11.6 Å². The van der Waals surface area contributed by atoms with Crippen LogP contribution < -0.4 is 5.32 Å². The van der Waals surface area contributed by atoms with Crippen molar-refractivity contribution in [2.45, 2.75) is 19.3 Å². The number of amides is 2. The third kappa shape index (κ3) is 5.01. The smallest absolute Gasteiger partial charge is 0.253 e. The third-order valence-corrected chi connectivity index (χ3v) is 5.11. The Morgan fingerprint density at radius 3 is 2.63 bits per heavy atom. The number of carbonyl (C=O) groups excluding carboxylic acids is 2. The molecule has 27 heavy (non-hydrogen) atoms. The Morgan fingerprint density at radius 2 is 1.89 bits per heavy atom. The number of carbonyl (C=O) groups is 2. The summed E-state index contributed by atoms with van der Waals surface area (Å²) in [5, 5.41) is 13.3. The van der Waals surface area contributed by atoms with Gasteiger partial charge in [0.05, 0.1) is 5.92 Å². The fourth-order valence-corrected chi connectivity index (χ4v) is 3.46. The molecule has 0 bridgehead atoms. The Hall–Kier alpha value is -2.53. The summed E-state index contributed by atoms with van der Waals surface area (Å²) in [6.45, 7) is 1.53. The molecule has 1 atom stereocenters. The quantitative estimate of drug-likeness (QED) is 0.828. The van der Waals surface area contributed by atoms with Crippen LogP contribution in [0.25, 0.3) is 0 Å². The first-order valence-corrected chi connectivity index (χ1v) is 9.52. The highest BCUT2D eigenvalue weighted by Crippen LogP contribution is 2.20. The Bertz CT molecular complexity index is 807. The van der Waals surface area contributed by atoms with E-state index in [1.807, 2.05) is 12.1 Å². The van der Waals surface area contributed by atoms with Gasteiger partial charge in [0.15, 0.2) is 0 Å². The van der Waals surface area contributed by atoms with Crippen LogP contribution in [0.1, 0.15) is 28.8 Å². The van der Waals surface area contributed by atoms with Crippen molar-refractivity contribution in [2.75, 3.05) is 19.6 Å². The van der Waals surface area contributed by atoms with Gasteiger partial charge in [-0.05, 0) is 55.2 Å². The van der Waals surface area contributed by atoms with E-state index in [0.717, 1.165) is 18.4 Å². The predicted octanol–water partition coefficient (Wildman–Crippen LogP) is 3.26. The molecule has 2 aromatic carbocycles. The molecule has 2 aromatic rings. The van der Waals surface area contributed by atoms with E-state index in [-0.39, 0.29) is 23.5 Å². The molecule has 1 aliphatic heterocycles. The van der Waals surface area contributed by atoms with Crippen molar-refractivity contribution in [1.29, 1.82) is 0 Å². The van der Waals surface area contributed by atoms with Gasteiger partial charge in [0.1, 0.15) is 5.75 Å². The van der Waals surface area contributed by atoms with Crippen molar-refractivity contribution in [3.8, 4) is 5.75 Å². The normalized spacial score (nSPS) is 16.8. The lowest BCUT2D eigenvalue weighted by atomic mass is 9.96. The summed E-state index contributed by atoms with van der Waals surface area (Å²) in [6, 6.07) is 13.9. The van der Waals surface area contributed by atoms with E-state index < -0.39 is 0 Å². The minimum absolute atomic E-state index is 0.0426. The molecule has 142 valence electrons. The minimum atomic E-state index is -0.209. The van der Waals surface area contributed by atoms with Crippen molar-refractivity contribution in [1.82, 2.24) is 10.2 Å². The molecule has 2 amide bonds. The van der Waals surface area contributed by atoms with Gasteiger partial charge in [0.25, 0.3) is 5.91 Å². The second kappa shape index (κ2) is 8.91. The van der Waals surface area contributed by atoms with Crippen molar-refractivity contribution in [2.24, 2.45) is 5.92 Å². The number of likely N-dealkylation sites (tertiary alicyclic amines) is 1. The fourth-order valence-electron chi connectivity index (χ4n) is 3.34. The summed E-state index contributed by atoms with van der Waals surface area (Å²) >= 11 is 5.88. The summed E-state index contributed by atoms with van der Waals surface area (Å²) in [5.41, 5.74) is 1.39. The molecule has 0 aliphatic carbocycles. The van der Waals surface area contributed by atoms with Crippen LogP contribution in [0.15, 0.2) is 48.5 Å². The maximum Gasteiger partial charge on any atom is 0.253 e. The topological polar surface area (TPSA) is 69.6 Å². The number of phenolic OH excluding ortho intramolecular Hbond substituents is 1. The SMILES string of the molecule is O=C(NCCc1ccccc1O)[C@H]1CCCN(C(=O)c2ccc(Cl)cc2)C1. The molecule has 1 heterocycles. The van der Waals surface area contributed by atoms with Crippen molar-refractivity contribution in [3.63, 3.8) is 0 Å². The summed E-state index contributed by atoms with van der Waals surface area (Å²) in [7, 11) is 0.